The van der Waals surface area contributed by atoms with Crippen LogP contribution < -0.4 is 5.56 Å². The van der Waals surface area contributed by atoms with Gasteiger partial charge in [-0.25, -0.2) is 0 Å². The fourth-order valence-corrected chi connectivity index (χ4v) is 4.62. The normalized spacial score (nSPS) is 15.6. The summed E-state index contributed by atoms with van der Waals surface area (Å²) in [4.78, 5) is 29.1. The fraction of sp³-hybridized carbons (Fsp3) is 0.368. The topological polar surface area (TPSA) is 88.9 Å². The number of fused-ring (bicyclic) bond motifs is 3. The number of furan rings is 1. The van der Waals surface area contributed by atoms with Gasteiger partial charge in [-0.15, -0.1) is 21.5 Å². The molecule has 0 aromatic carbocycles. The minimum Gasteiger partial charge on any atom is -0.456 e. The molecule has 5 heterocycles. The lowest BCUT2D eigenvalue weighted by Gasteiger charge is -2.33. The van der Waals surface area contributed by atoms with Crippen LogP contribution in [-0.2, 0) is 13.6 Å². The summed E-state index contributed by atoms with van der Waals surface area (Å²) in [6.07, 6.45) is 0. The minimum atomic E-state index is -0.0688. The summed E-state index contributed by atoms with van der Waals surface area (Å²) in [5.74, 6) is 2.39. The lowest BCUT2D eigenvalue weighted by molar-refractivity contribution is 0.0593. The van der Waals surface area contributed by atoms with Crippen molar-refractivity contribution in [3.05, 3.63) is 51.3 Å². The van der Waals surface area contributed by atoms with Gasteiger partial charge in [-0.2, -0.15) is 0 Å². The van der Waals surface area contributed by atoms with Crippen molar-refractivity contribution in [3.8, 4) is 0 Å². The molecule has 4 aromatic heterocycles. The lowest BCUT2D eigenvalue weighted by Crippen LogP contribution is -2.48. The zero-order valence-corrected chi connectivity index (χ0v) is 17.0. The van der Waals surface area contributed by atoms with Crippen LogP contribution in [-0.4, -0.2) is 61.1 Å². The van der Waals surface area contributed by atoms with Gasteiger partial charge in [0.1, 0.15) is 10.5 Å². The van der Waals surface area contributed by atoms with Gasteiger partial charge in [0.15, 0.2) is 11.6 Å². The highest BCUT2D eigenvalue weighted by Crippen LogP contribution is 2.20. The first kappa shape index (κ1) is 18.1. The first-order chi connectivity index (χ1) is 14.0. The molecule has 0 unspecified atom stereocenters. The van der Waals surface area contributed by atoms with E-state index < -0.39 is 0 Å². The Kier molecular flexibility index (Phi) is 4.25. The summed E-state index contributed by atoms with van der Waals surface area (Å²) >= 11 is 1.43. The number of hydrogen-bond donors (Lipinski definition) is 0. The number of hydrogen-bond acceptors (Lipinski definition) is 7. The summed E-state index contributed by atoms with van der Waals surface area (Å²) in [6, 6.07) is 5.46. The summed E-state index contributed by atoms with van der Waals surface area (Å²) in [7, 11) is 1.72. The monoisotopic (exact) mass is 412 g/mol. The van der Waals surface area contributed by atoms with Crippen LogP contribution in [0.3, 0.4) is 0 Å². The third-order valence-electron chi connectivity index (χ3n) is 5.37. The van der Waals surface area contributed by atoms with Gasteiger partial charge in [-0.1, -0.05) is 0 Å². The molecule has 9 nitrogen and oxygen atoms in total. The van der Waals surface area contributed by atoms with E-state index in [0.717, 1.165) is 30.2 Å². The Hall–Kier alpha value is -2.98. The number of carbonyl (C=O) groups excluding carboxylic acids is 1. The highest BCUT2D eigenvalue weighted by molar-refractivity contribution is 7.17. The first-order valence-corrected chi connectivity index (χ1v) is 10.3. The van der Waals surface area contributed by atoms with Crippen molar-refractivity contribution in [3.63, 3.8) is 0 Å². The van der Waals surface area contributed by atoms with E-state index >= 15 is 0 Å². The molecule has 4 aromatic rings. The van der Waals surface area contributed by atoms with Crippen LogP contribution in [0.15, 0.2) is 32.8 Å². The zero-order chi connectivity index (χ0) is 20.1. The maximum atomic E-state index is 12.6. The van der Waals surface area contributed by atoms with E-state index in [4.69, 9.17) is 4.42 Å². The number of rotatable bonds is 3. The van der Waals surface area contributed by atoms with Crippen LogP contribution in [0.5, 0.6) is 0 Å². The van der Waals surface area contributed by atoms with Crippen molar-refractivity contribution in [1.82, 2.24) is 29.0 Å². The zero-order valence-electron chi connectivity index (χ0n) is 16.2. The molecule has 0 atom stereocenters. The van der Waals surface area contributed by atoms with Crippen molar-refractivity contribution < 1.29 is 9.21 Å². The molecule has 10 heteroatoms. The van der Waals surface area contributed by atoms with Crippen LogP contribution in [0.2, 0.25) is 0 Å². The molecule has 150 valence electrons. The molecule has 5 rings (SSSR count). The molecule has 1 saturated heterocycles. The maximum absolute atomic E-state index is 12.6. The summed E-state index contributed by atoms with van der Waals surface area (Å²) in [5, 5.41) is 10.5. The molecule has 1 amide bonds. The highest BCUT2D eigenvalue weighted by Gasteiger charge is 2.25. The van der Waals surface area contributed by atoms with Crippen LogP contribution >= 0.6 is 11.3 Å². The van der Waals surface area contributed by atoms with Crippen molar-refractivity contribution in [2.75, 3.05) is 26.2 Å². The van der Waals surface area contributed by atoms with Crippen LogP contribution in [0, 0.1) is 6.92 Å². The van der Waals surface area contributed by atoms with Gasteiger partial charge in [0.2, 0.25) is 5.78 Å². The predicted molar refractivity (Wildman–Crippen MR) is 108 cm³/mol. The summed E-state index contributed by atoms with van der Waals surface area (Å²) < 4.78 is 9.65. The SMILES string of the molecule is Cc1ccc(C(=O)N2CCN(Cc3nnc4n(C)c(=O)c5sccc5n34)CC2)o1. The highest BCUT2D eigenvalue weighted by atomic mass is 32.1. The molecule has 0 bridgehead atoms. The molecule has 1 aliphatic rings. The Morgan fingerprint density at radius 3 is 2.69 bits per heavy atom. The van der Waals surface area contributed by atoms with E-state index in [1.165, 1.54) is 15.9 Å². The predicted octanol–water partition coefficient (Wildman–Crippen LogP) is 1.50. The van der Waals surface area contributed by atoms with Gasteiger partial charge in [-0.3, -0.25) is 23.5 Å². The van der Waals surface area contributed by atoms with E-state index in [1.54, 1.807) is 19.2 Å². The van der Waals surface area contributed by atoms with Crippen molar-refractivity contribution in [1.29, 1.82) is 0 Å². The fourth-order valence-electron chi connectivity index (χ4n) is 3.77. The molecule has 0 aliphatic carbocycles. The van der Waals surface area contributed by atoms with E-state index in [0.29, 0.717) is 35.9 Å². The second-order valence-electron chi connectivity index (χ2n) is 7.23. The number of aromatic nitrogens is 4. The smallest absolute Gasteiger partial charge is 0.289 e. The average molecular weight is 412 g/mol. The van der Waals surface area contributed by atoms with E-state index in [-0.39, 0.29) is 11.5 Å². The number of nitrogens with zero attached hydrogens (tertiary/aromatic N) is 6. The number of carbonyl (C=O) groups is 1. The van der Waals surface area contributed by atoms with Gasteiger partial charge >= 0.3 is 0 Å². The van der Waals surface area contributed by atoms with Gasteiger partial charge in [0, 0.05) is 33.2 Å². The van der Waals surface area contributed by atoms with E-state index in [1.807, 2.05) is 27.7 Å². The van der Waals surface area contributed by atoms with Crippen LogP contribution in [0.4, 0.5) is 0 Å². The van der Waals surface area contributed by atoms with Crippen molar-refractivity contribution >= 4 is 33.2 Å². The molecule has 0 spiro atoms. The second-order valence-corrected chi connectivity index (χ2v) is 8.15. The lowest BCUT2D eigenvalue weighted by atomic mass is 10.2. The standard InChI is InChI=1S/C19H20N6O3S/c1-12-3-4-14(28-12)17(26)24-8-6-23(7-9-24)11-15-20-21-19-22(2)18(27)16-13(25(15)19)5-10-29-16/h3-5,10H,6-9,11H2,1-2H3. The molecule has 29 heavy (non-hydrogen) atoms. The first-order valence-electron chi connectivity index (χ1n) is 9.41. The molecule has 1 fully saturated rings. The second kappa shape index (κ2) is 6.82. The molecular formula is C19H20N6O3S. The van der Waals surface area contributed by atoms with Crippen molar-refractivity contribution in [2.24, 2.45) is 7.05 Å². The Morgan fingerprint density at radius 2 is 1.97 bits per heavy atom. The van der Waals surface area contributed by atoms with Crippen LogP contribution in [0.1, 0.15) is 22.1 Å². The Labute approximate surface area is 169 Å². The number of thiophene rings is 1. The Balaban J connectivity index is 1.35. The Bertz CT molecular complexity index is 1270. The number of aryl methyl sites for hydroxylation is 2. The van der Waals surface area contributed by atoms with Gasteiger partial charge < -0.3 is 9.32 Å². The van der Waals surface area contributed by atoms with Gasteiger partial charge in [0.25, 0.3) is 11.5 Å². The van der Waals surface area contributed by atoms with E-state index in [2.05, 4.69) is 15.1 Å². The average Bonchev–Trinajstić information content (AvgIpc) is 3.45. The Morgan fingerprint density at radius 1 is 1.17 bits per heavy atom. The van der Waals surface area contributed by atoms with Gasteiger partial charge in [0.05, 0.1) is 12.1 Å². The summed E-state index contributed by atoms with van der Waals surface area (Å²) in [6.45, 7) is 5.16. The summed E-state index contributed by atoms with van der Waals surface area (Å²) in [5.41, 5.74) is 0.789. The number of piperazine rings is 1. The number of amides is 1. The quantitative estimate of drug-likeness (QED) is 0.507. The van der Waals surface area contributed by atoms with Crippen molar-refractivity contribution in [2.45, 2.75) is 13.5 Å². The molecule has 0 radical (unpaired) electrons. The molecule has 0 saturated carbocycles. The molecule has 1 aliphatic heterocycles. The third kappa shape index (κ3) is 2.95. The van der Waals surface area contributed by atoms with Crippen LogP contribution in [0.25, 0.3) is 16.0 Å². The van der Waals surface area contributed by atoms with Gasteiger partial charge in [-0.05, 0) is 30.5 Å². The minimum absolute atomic E-state index is 0.0539. The molecule has 0 N–H and O–H groups in total. The van der Waals surface area contributed by atoms with E-state index in [9.17, 15) is 9.59 Å². The maximum Gasteiger partial charge on any atom is 0.289 e. The third-order valence-corrected chi connectivity index (χ3v) is 6.26. The largest absolute Gasteiger partial charge is 0.456 e. The molecular weight excluding hydrogens is 392 g/mol.